The first kappa shape index (κ1) is 11.7. The van der Waals surface area contributed by atoms with Gasteiger partial charge in [0, 0.05) is 11.8 Å². The Kier molecular flexibility index (Phi) is 3.49. The van der Waals surface area contributed by atoms with Gasteiger partial charge in [0.1, 0.15) is 5.78 Å². The van der Waals surface area contributed by atoms with Crippen molar-refractivity contribution in [3.63, 3.8) is 0 Å². The van der Waals surface area contributed by atoms with E-state index in [-0.39, 0.29) is 10.8 Å². The predicted molar refractivity (Wildman–Crippen MR) is 53.2 cm³/mol. The highest BCUT2D eigenvalue weighted by atomic mass is 16.1. The summed E-state index contributed by atoms with van der Waals surface area (Å²) in [6.07, 6.45) is 1.62. The van der Waals surface area contributed by atoms with E-state index >= 15 is 0 Å². The molecule has 1 nitrogen and oxygen atoms in total. The Morgan fingerprint density at radius 3 is 1.75 bits per heavy atom. The normalized spacial score (nSPS) is 13.2. The molecule has 0 unspecified atom stereocenters. The summed E-state index contributed by atoms with van der Waals surface area (Å²) in [5.74, 6) is 0.373. The van der Waals surface area contributed by atoms with Gasteiger partial charge in [0.2, 0.25) is 0 Å². The summed E-state index contributed by atoms with van der Waals surface area (Å²) in [6.45, 7) is 12.6. The molecule has 0 atom stereocenters. The summed E-state index contributed by atoms with van der Waals surface area (Å²) in [6, 6.07) is 0. The lowest BCUT2D eigenvalue weighted by atomic mass is 9.73. The molecule has 0 bridgehead atoms. The first-order chi connectivity index (χ1) is 5.19. The van der Waals surface area contributed by atoms with Crippen LogP contribution in [0.1, 0.15) is 54.4 Å². The fourth-order valence-corrected chi connectivity index (χ4v) is 1.90. The molecular weight excluding hydrogens is 148 g/mol. The van der Waals surface area contributed by atoms with Crippen molar-refractivity contribution in [2.24, 2.45) is 10.8 Å². The smallest absolute Gasteiger partial charge is 0.138 e. The minimum absolute atomic E-state index is 0.146. The Balaban J connectivity index is 4.32. The summed E-state index contributed by atoms with van der Waals surface area (Å²) in [4.78, 5) is 11.5. The zero-order chi connectivity index (χ0) is 9.99. The standard InChI is InChI=1S/C11H22O/c1-7-9(12)11(5,6)8-10(2,3)4/h7-8H2,1-6H3. The summed E-state index contributed by atoms with van der Waals surface area (Å²) >= 11 is 0. The highest BCUT2D eigenvalue weighted by Crippen LogP contribution is 2.34. The van der Waals surface area contributed by atoms with Crippen LogP contribution in [-0.4, -0.2) is 5.78 Å². The Hall–Kier alpha value is -0.330. The highest BCUT2D eigenvalue weighted by Gasteiger charge is 2.30. The second kappa shape index (κ2) is 3.59. The van der Waals surface area contributed by atoms with Gasteiger partial charge in [-0.25, -0.2) is 0 Å². The zero-order valence-corrected chi connectivity index (χ0v) is 9.32. The molecule has 1 heteroatoms. The number of Topliss-reactive ketones (excluding diaryl/α,β-unsaturated/α-hetero) is 1. The molecule has 0 spiro atoms. The van der Waals surface area contributed by atoms with E-state index in [0.717, 1.165) is 6.42 Å². The van der Waals surface area contributed by atoms with Gasteiger partial charge < -0.3 is 0 Å². The van der Waals surface area contributed by atoms with E-state index in [9.17, 15) is 4.79 Å². The molecule has 0 aliphatic rings. The lowest BCUT2D eigenvalue weighted by molar-refractivity contribution is -0.128. The van der Waals surface area contributed by atoms with Gasteiger partial charge in [-0.05, 0) is 11.8 Å². The van der Waals surface area contributed by atoms with Crippen LogP contribution in [-0.2, 0) is 4.79 Å². The monoisotopic (exact) mass is 170 g/mol. The molecule has 0 heterocycles. The van der Waals surface area contributed by atoms with Crippen molar-refractivity contribution in [1.82, 2.24) is 0 Å². The van der Waals surface area contributed by atoms with E-state index in [2.05, 4.69) is 20.8 Å². The molecule has 0 aliphatic heterocycles. The van der Waals surface area contributed by atoms with Gasteiger partial charge in [-0.2, -0.15) is 0 Å². The summed E-state index contributed by atoms with van der Waals surface area (Å²) in [5, 5.41) is 0. The van der Waals surface area contributed by atoms with Crippen LogP contribution in [0.15, 0.2) is 0 Å². The number of hydrogen-bond donors (Lipinski definition) is 0. The van der Waals surface area contributed by atoms with Gasteiger partial charge >= 0.3 is 0 Å². The van der Waals surface area contributed by atoms with Crippen LogP contribution in [0.2, 0.25) is 0 Å². The van der Waals surface area contributed by atoms with Crippen molar-refractivity contribution in [1.29, 1.82) is 0 Å². The third-order valence-electron chi connectivity index (χ3n) is 2.05. The first-order valence-corrected chi connectivity index (χ1v) is 4.72. The molecule has 0 amide bonds. The molecule has 12 heavy (non-hydrogen) atoms. The third-order valence-corrected chi connectivity index (χ3v) is 2.05. The number of carbonyl (C=O) groups is 1. The van der Waals surface area contributed by atoms with E-state index in [1.165, 1.54) is 0 Å². The fraction of sp³-hybridized carbons (Fsp3) is 0.909. The molecule has 0 fully saturated rings. The van der Waals surface area contributed by atoms with Gasteiger partial charge in [0.05, 0.1) is 0 Å². The Morgan fingerprint density at radius 1 is 1.08 bits per heavy atom. The Labute approximate surface area is 76.6 Å². The highest BCUT2D eigenvalue weighted by molar-refractivity contribution is 5.83. The maximum atomic E-state index is 11.5. The van der Waals surface area contributed by atoms with Crippen LogP contribution in [0.3, 0.4) is 0 Å². The van der Waals surface area contributed by atoms with Crippen molar-refractivity contribution in [3.8, 4) is 0 Å². The van der Waals surface area contributed by atoms with E-state index in [1.54, 1.807) is 0 Å². The molecule has 0 saturated heterocycles. The SMILES string of the molecule is CCC(=O)C(C)(C)CC(C)(C)C. The van der Waals surface area contributed by atoms with E-state index in [1.807, 2.05) is 20.8 Å². The average molecular weight is 170 g/mol. The predicted octanol–water partition coefficient (Wildman–Crippen LogP) is 3.43. The van der Waals surface area contributed by atoms with Gasteiger partial charge in [-0.15, -0.1) is 0 Å². The largest absolute Gasteiger partial charge is 0.299 e. The van der Waals surface area contributed by atoms with Crippen molar-refractivity contribution in [2.45, 2.75) is 54.4 Å². The lowest BCUT2D eigenvalue weighted by Gasteiger charge is -2.30. The van der Waals surface area contributed by atoms with Crippen LogP contribution in [0.4, 0.5) is 0 Å². The second-order valence-electron chi connectivity index (χ2n) is 5.40. The molecule has 0 aromatic heterocycles. The topological polar surface area (TPSA) is 17.1 Å². The average Bonchev–Trinajstić information content (AvgIpc) is 1.80. The van der Waals surface area contributed by atoms with Crippen molar-refractivity contribution < 1.29 is 4.79 Å². The van der Waals surface area contributed by atoms with E-state index in [0.29, 0.717) is 12.2 Å². The summed E-state index contributed by atoms with van der Waals surface area (Å²) in [7, 11) is 0. The van der Waals surface area contributed by atoms with Crippen molar-refractivity contribution in [2.75, 3.05) is 0 Å². The van der Waals surface area contributed by atoms with E-state index < -0.39 is 0 Å². The maximum Gasteiger partial charge on any atom is 0.138 e. The first-order valence-electron chi connectivity index (χ1n) is 4.72. The number of hydrogen-bond acceptors (Lipinski definition) is 1. The fourth-order valence-electron chi connectivity index (χ4n) is 1.90. The number of ketones is 1. The van der Waals surface area contributed by atoms with Gasteiger partial charge in [-0.1, -0.05) is 41.5 Å². The molecule has 0 saturated carbocycles. The summed E-state index contributed by atoms with van der Waals surface area (Å²) in [5.41, 5.74) is 0.0985. The molecule has 0 aliphatic carbocycles. The quantitative estimate of drug-likeness (QED) is 0.634. The molecule has 0 N–H and O–H groups in total. The minimum atomic E-state index is -0.146. The van der Waals surface area contributed by atoms with Crippen LogP contribution in [0, 0.1) is 10.8 Å². The zero-order valence-electron chi connectivity index (χ0n) is 9.32. The Morgan fingerprint density at radius 2 is 1.50 bits per heavy atom. The van der Waals surface area contributed by atoms with Gasteiger partial charge in [-0.3, -0.25) is 4.79 Å². The molecular formula is C11H22O. The van der Waals surface area contributed by atoms with Gasteiger partial charge in [0.25, 0.3) is 0 Å². The second-order valence-corrected chi connectivity index (χ2v) is 5.40. The maximum absolute atomic E-state index is 11.5. The van der Waals surface area contributed by atoms with Gasteiger partial charge in [0.15, 0.2) is 0 Å². The van der Waals surface area contributed by atoms with Crippen LogP contribution < -0.4 is 0 Å². The summed E-state index contributed by atoms with van der Waals surface area (Å²) < 4.78 is 0. The Bertz CT molecular complexity index is 160. The number of carbonyl (C=O) groups excluding carboxylic acids is 1. The van der Waals surface area contributed by atoms with E-state index in [4.69, 9.17) is 0 Å². The molecule has 0 rings (SSSR count). The number of rotatable bonds is 3. The molecule has 0 aromatic rings. The molecule has 0 radical (unpaired) electrons. The molecule has 0 aromatic carbocycles. The van der Waals surface area contributed by atoms with Crippen LogP contribution in [0.5, 0.6) is 0 Å². The van der Waals surface area contributed by atoms with Crippen LogP contribution >= 0.6 is 0 Å². The van der Waals surface area contributed by atoms with Crippen molar-refractivity contribution in [3.05, 3.63) is 0 Å². The third kappa shape index (κ3) is 3.89. The lowest BCUT2D eigenvalue weighted by Crippen LogP contribution is -2.28. The van der Waals surface area contributed by atoms with Crippen LogP contribution in [0.25, 0.3) is 0 Å². The molecule has 72 valence electrons. The van der Waals surface area contributed by atoms with Crippen molar-refractivity contribution >= 4 is 5.78 Å². The minimum Gasteiger partial charge on any atom is -0.299 e.